The van der Waals surface area contributed by atoms with Gasteiger partial charge in [0.1, 0.15) is 6.04 Å². The van der Waals surface area contributed by atoms with Crippen molar-refractivity contribution >= 4 is 23.8 Å². The van der Waals surface area contributed by atoms with E-state index >= 15 is 0 Å². The lowest BCUT2D eigenvalue weighted by Crippen LogP contribution is -2.50. The standard InChI is InChI=1S/C24H28N4O4S/c1-15-4-2-5-18(12-15)20-6-3-11-28(20)24(32)22(30)21(29)23(31)25-13-16-7-9-17(10-8-16)19-14-33-27-26-19/h2,4-5,7-10,12,19-22,29-30H,3,6,11,13-14H2,1H3,(H,25,31)/t19?,20?,21-,22-/m1/s1. The summed E-state index contributed by atoms with van der Waals surface area (Å²) in [5, 5.41) is 27.6. The van der Waals surface area contributed by atoms with Gasteiger partial charge < -0.3 is 20.4 Å². The quantitative estimate of drug-likeness (QED) is 0.541. The van der Waals surface area contributed by atoms with Crippen molar-refractivity contribution in [2.24, 2.45) is 9.63 Å². The summed E-state index contributed by atoms with van der Waals surface area (Å²) in [4.78, 5) is 26.9. The van der Waals surface area contributed by atoms with Crippen LogP contribution in [-0.4, -0.2) is 51.4 Å². The van der Waals surface area contributed by atoms with Crippen molar-refractivity contribution in [2.45, 2.75) is 50.6 Å². The maximum atomic E-state index is 12.9. The molecule has 3 N–H and O–H groups in total. The lowest BCUT2D eigenvalue weighted by molar-refractivity contribution is -0.153. The van der Waals surface area contributed by atoms with Crippen LogP contribution in [0, 0.1) is 6.92 Å². The van der Waals surface area contributed by atoms with Crippen LogP contribution in [-0.2, 0) is 16.1 Å². The van der Waals surface area contributed by atoms with E-state index in [-0.39, 0.29) is 18.6 Å². The number of hydrogen-bond acceptors (Lipinski definition) is 7. The topological polar surface area (TPSA) is 115 Å². The van der Waals surface area contributed by atoms with Crippen LogP contribution >= 0.6 is 11.9 Å². The summed E-state index contributed by atoms with van der Waals surface area (Å²) < 4.78 is 3.93. The Morgan fingerprint density at radius 2 is 1.94 bits per heavy atom. The van der Waals surface area contributed by atoms with Gasteiger partial charge in [-0.25, -0.2) is 0 Å². The lowest BCUT2D eigenvalue weighted by Gasteiger charge is -2.28. The molecule has 2 amide bonds. The molecule has 2 aliphatic heterocycles. The fourth-order valence-corrected chi connectivity index (χ4v) is 4.89. The Morgan fingerprint density at radius 1 is 1.15 bits per heavy atom. The van der Waals surface area contributed by atoms with E-state index in [1.165, 1.54) is 11.9 Å². The molecule has 0 aromatic heterocycles. The van der Waals surface area contributed by atoms with E-state index in [0.717, 1.165) is 40.8 Å². The molecule has 0 saturated carbocycles. The second-order valence-electron chi connectivity index (χ2n) is 8.46. The van der Waals surface area contributed by atoms with Crippen LogP contribution in [0.25, 0.3) is 0 Å². The molecule has 0 radical (unpaired) electrons. The molecule has 1 saturated heterocycles. The van der Waals surface area contributed by atoms with Gasteiger partial charge in [0.2, 0.25) is 0 Å². The number of amides is 2. The average Bonchev–Trinajstić information content (AvgIpc) is 3.54. The molecule has 2 aliphatic rings. The van der Waals surface area contributed by atoms with Gasteiger partial charge in [-0.05, 0) is 48.4 Å². The number of aryl methyl sites for hydroxylation is 1. The van der Waals surface area contributed by atoms with E-state index in [2.05, 4.69) is 15.0 Å². The lowest BCUT2D eigenvalue weighted by atomic mass is 10.0. The number of benzene rings is 2. The predicted molar refractivity (Wildman–Crippen MR) is 125 cm³/mol. The summed E-state index contributed by atoms with van der Waals surface area (Å²) >= 11 is 1.43. The zero-order valence-electron chi connectivity index (χ0n) is 18.4. The maximum absolute atomic E-state index is 12.9. The molecule has 174 valence electrons. The highest BCUT2D eigenvalue weighted by Gasteiger charge is 2.38. The molecule has 1 fully saturated rings. The fourth-order valence-electron chi connectivity index (χ4n) is 4.24. The Hall–Kier alpha value is -2.75. The smallest absolute Gasteiger partial charge is 0.255 e. The summed E-state index contributed by atoms with van der Waals surface area (Å²) in [5.74, 6) is -0.600. The highest BCUT2D eigenvalue weighted by molar-refractivity contribution is 7.98. The number of carbonyl (C=O) groups excluding carboxylic acids is 2. The predicted octanol–water partition coefficient (Wildman–Crippen LogP) is 2.85. The molecule has 33 heavy (non-hydrogen) atoms. The van der Waals surface area contributed by atoms with Crippen LogP contribution in [0.15, 0.2) is 58.2 Å². The minimum atomic E-state index is -1.84. The maximum Gasteiger partial charge on any atom is 0.255 e. The third kappa shape index (κ3) is 5.43. The largest absolute Gasteiger partial charge is 0.380 e. The normalized spacial score (nSPS) is 21.7. The number of nitrogens with zero attached hydrogens (tertiary/aromatic N) is 3. The van der Waals surface area contributed by atoms with Crippen molar-refractivity contribution in [3.05, 3.63) is 70.8 Å². The van der Waals surface area contributed by atoms with Crippen LogP contribution in [0.4, 0.5) is 0 Å². The Labute approximate surface area is 197 Å². The molecule has 0 bridgehead atoms. The molecule has 4 atom stereocenters. The van der Waals surface area contributed by atoms with E-state index in [9.17, 15) is 19.8 Å². The van der Waals surface area contributed by atoms with Gasteiger partial charge in [0.05, 0.1) is 6.04 Å². The Bertz CT molecular complexity index is 1030. The Balaban J connectivity index is 1.33. The van der Waals surface area contributed by atoms with Crippen LogP contribution in [0.2, 0.25) is 0 Å². The minimum absolute atomic E-state index is 0.0517. The molecule has 4 rings (SSSR count). The van der Waals surface area contributed by atoms with Gasteiger partial charge in [0.25, 0.3) is 11.8 Å². The highest BCUT2D eigenvalue weighted by Crippen LogP contribution is 2.33. The number of nitrogens with one attached hydrogen (secondary N) is 1. The molecular formula is C24H28N4O4S. The zero-order chi connectivity index (χ0) is 23.4. The van der Waals surface area contributed by atoms with Crippen LogP contribution in [0.1, 0.15) is 47.2 Å². The fraction of sp³-hybridized carbons (Fsp3) is 0.417. The third-order valence-corrected chi connectivity index (χ3v) is 6.77. The molecule has 2 aromatic carbocycles. The van der Waals surface area contributed by atoms with Gasteiger partial charge >= 0.3 is 0 Å². The van der Waals surface area contributed by atoms with Crippen molar-refractivity contribution in [3.63, 3.8) is 0 Å². The molecular weight excluding hydrogens is 440 g/mol. The first-order valence-electron chi connectivity index (χ1n) is 11.1. The summed E-state index contributed by atoms with van der Waals surface area (Å²) in [7, 11) is 0. The van der Waals surface area contributed by atoms with E-state index in [0.29, 0.717) is 6.54 Å². The first-order valence-corrected chi connectivity index (χ1v) is 12.0. The number of hydrogen-bond donors (Lipinski definition) is 3. The first kappa shape index (κ1) is 23.4. The van der Waals surface area contributed by atoms with E-state index in [4.69, 9.17) is 0 Å². The highest BCUT2D eigenvalue weighted by atomic mass is 32.2. The molecule has 2 heterocycles. The van der Waals surface area contributed by atoms with Gasteiger partial charge in [-0.3, -0.25) is 9.59 Å². The van der Waals surface area contributed by atoms with Crippen molar-refractivity contribution < 1.29 is 19.8 Å². The van der Waals surface area contributed by atoms with Gasteiger partial charge in [-0.15, -0.1) is 4.52 Å². The zero-order valence-corrected chi connectivity index (χ0v) is 19.2. The second-order valence-corrected chi connectivity index (χ2v) is 9.22. The van der Waals surface area contributed by atoms with E-state index in [1.807, 2.05) is 55.5 Å². The molecule has 9 heteroatoms. The molecule has 2 aromatic rings. The molecule has 0 aliphatic carbocycles. The van der Waals surface area contributed by atoms with E-state index < -0.39 is 24.0 Å². The van der Waals surface area contributed by atoms with Crippen LogP contribution < -0.4 is 5.32 Å². The monoisotopic (exact) mass is 468 g/mol. The molecule has 0 spiro atoms. The van der Waals surface area contributed by atoms with Crippen molar-refractivity contribution in [2.75, 3.05) is 12.3 Å². The first-order chi connectivity index (χ1) is 15.9. The number of aliphatic hydroxyl groups excluding tert-OH is 2. The molecule has 2 unspecified atom stereocenters. The minimum Gasteiger partial charge on any atom is -0.380 e. The van der Waals surface area contributed by atoms with Gasteiger partial charge in [0, 0.05) is 18.8 Å². The average molecular weight is 469 g/mol. The summed E-state index contributed by atoms with van der Waals surface area (Å²) in [5.41, 5.74) is 3.97. The third-order valence-electron chi connectivity index (χ3n) is 6.09. The summed E-state index contributed by atoms with van der Waals surface area (Å²) in [6, 6.07) is 15.4. The number of carbonyl (C=O) groups is 2. The summed E-state index contributed by atoms with van der Waals surface area (Å²) in [6.45, 7) is 2.64. The molecule has 8 nitrogen and oxygen atoms in total. The SMILES string of the molecule is Cc1cccc(C2CCCN2C(=O)[C@H](O)[C@@H](O)C(=O)NCc2ccc(C3CSN=N3)cc2)c1. The van der Waals surface area contributed by atoms with Gasteiger partial charge in [0.15, 0.2) is 12.2 Å². The van der Waals surface area contributed by atoms with Crippen LogP contribution in [0.5, 0.6) is 0 Å². The van der Waals surface area contributed by atoms with Crippen LogP contribution in [0.3, 0.4) is 0 Å². The second kappa shape index (κ2) is 10.5. The van der Waals surface area contributed by atoms with Crippen molar-refractivity contribution in [3.8, 4) is 0 Å². The number of rotatable bonds is 7. The number of likely N-dealkylation sites (tertiary alicyclic amines) is 1. The van der Waals surface area contributed by atoms with Crippen molar-refractivity contribution in [1.29, 1.82) is 0 Å². The number of aliphatic hydroxyl groups is 2. The van der Waals surface area contributed by atoms with Crippen molar-refractivity contribution in [1.82, 2.24) is 10.2 Å². The van der Waals surface area contributed by atoms with Gasteiger partial charge in [-0.2, -0.15) is 5.11 Å². The Kier molecular flexibility index (Phi) is 7.42. The summed E-state index contributed by atoms with van der Waals surface area (Å²) in [6.07, 6.45) is -2.08. The van der Waals surface area contributed by atoms with Gasteiger partial charge in [-0.1, -0.05) is 54.1 Å². The van der Waals surface area contributed by atoms with E-state index in [1.54, 1.807) is 4.90 Å². The Morgan fingerprint density at radius 3 is 2.64 bits per heavy atom.